The van der Waals surface area contributed by atoms with Gasteiger partial charge in [0.05, 0.1) is 11.4 Å². The highest BCUT2D eigenvalue weighted by atomic mass is 14.9. The number of rotatable bonds is 5. The van der Waals surface area contributed by atoms with Gasteiger partial charge >= 0.3 is 0 Å². The summed E-state index contributed by atoms with van der Waals surface area (Å²) in [5.74, 6) is 0.699. The summed E-state index contributed by atoms with van der Waals surface area (Å²) >= 11 is 0. The monoisotopic (exact) mass is 710 g/mol. The van der Waals surface area contributed by atoms with Crippen LogP contribution in [0, 0.1) is 0 Å². The van der Waals surface area contributed by atoms with Gasteiger partial charge in [-0.15, -0.1) is 0 Å². The van der Waals surface area contributed by atoms with Crippen molar-refractivity contribution in [3.05, 3.63) is 206 Å². The van der Waals surface area contributed by atoms with Crippen LogP contribution in [0.15, 0.2) is 206 Å². The Labute approximate surface area is 325 Å². The van der Waals surface area contributed by atoms with Crippen LogP contribution in [0.3, 0.4) is 0 Å². The minimum Gasteiger partial charge on any atom is -0.228 e. The van der Waals surface area contributed by atoms with E-state index in [1.165, 1.54) is 65.2 Å². The molecule has 0 N–H and O–H groups in total. The Bertz CT molecular complexity index is 3290. The smallest absolute Gasteiger partial charge is 0.160 e. The van der Waals surface area contributed by atoms with Crippen molar-refractivity contribution in [1.82, 2.24) is 9.97 Å². The SMILES string of the molecule is c1ccc(-c2nc(-c3ccc4ccccc4c3-c3ccccc3)cc(-c3ccc(-c4c5ccccc5cc5c4ccc4ccccc45)c4ccccc34)n2)cc1. The van der Waals surface area contributed by atoms with Gasteiger partial charge in [-0.25, -0.2) is 9.97 Å². The molecule has 0 fully saturated rings. The number of aromatic nitrogens is 2. The van der Waals surface area contributed by atoms with Crippen LogP contribution in [0.5, 0.6) is 0 Å². The van der Waals surface area contributed by atoms with Crippen LogP contribution in [-0.2, 0) is 0 Å². The first-order valence-corrected chi connectivity index (χ1v) is 19.2. The van der Waals surface area contributed by atoms with Crippen LogP contribution in [0.4, 0.5) is 0 Å². The Balaban J connectivity index is 1.18. The molecule has 0 aliphatic rings. The average molecular weight is 711 g/mol. The van der Waals surface area contributed by atoms with Crippen molar-refractivity contribution in [2.24, 2.45) is 0 Å². The first-order valence-electron chi connectivity index (χ1n) is 19.2. The molecule has 0 amide bonds. The fourth-order valence-corrected chi connectivity index (χ4v) is 8.69. The number of hydrogen-bond donors (Lipinski definition) is 0. The van der Waals surface area contributed by atoms with Crippen molar-refractivity contribution in [1.29, 1.82) is 0 Å². The summed E-state index contributed by atoms with van der Waals surface area (Å²) in [4.78, 5) is 10.7. The second kappa shape index (κ2) is 13.2. The van der Waals surface area contributed by atoms with E-state index in [9.17, 15) is 0 Å². The van der Waals surface area contributed by atoms with Crippen LogP contribution < -0.4 is 0 Å². The number of fused-ring (bicyclic) bond motifs is 6. The molecule has 56 heavy (non-hydrogen) atoms. The summed E-state index contributed by atoms with van der Waals surface area (Å²) in [6.07, 6.45) is 0. The third-order valence-electron chi connectivity index (χ3n) is 11.3. The molecule has 2 heteroatoms. The summed E-state index contributed by atoms with van der Waals surface area (Å²) in [6.45, 7) is 0. The van der Waals surface area contributed by atoms with E-state index in [0.29, 0.717) is 5.82 Å². The normalized spacial score (nSPS) is 11.6. The van der Waals surface area contributed by atoms with Gasteiger partial charge in [-0.2, -0.15) is 0 Å². The lowest BCUT2D eigenvalue weighted by molar-refractivity contribution is 1.19. The molecule has 260 valence electrons. The van der Waals surface area contributed by atoms with E-state index in [1.807, 2.05) is 6.07 Å². The van der Waals surface area contributed by atoms with Gasteiger partial charge < -0.3 is 0 Å². The Morgan fingerprint density at radius 1 is 0.250 bits per heavy atom. The van der Waals surface area contributed by atoms with E-state index >= 15 is 0 Å². The van der Waals surface area contributed by atoms with Gasteiger partial charge in [-0.3, -0.25) is 0 Å². The van der Waals surface area contributed by atoms with Gasteiger partial charge in [0.1, 0.15) is 0 Å². The summed E-state index contributed by atoms with van der Waals surface area (Å²) in [5, 5.41) is 12.2. The molecule has 1 heterocycles. The summed E-state index contributed by atoms with van der Waals surface area (Å²) < 4.78 is 0. The van der Waals surface area contributed by atoms with Crippen molar-refractivity contribution in [3.8, 4) is 56.2 Å². The molecule has 0 atom stereocenters. The maximum atomic E-state index is 5.34. The predicted molar refractivity (Wildman–Crippen MR) is 237 cm³/mol. The van der Waals surface area contributed by atoms with Crippen molar-refractivity contribution in [2.75, 3.05) is 0 Å². The van der Waals surface area contributed by atoms with E-state index < -0.39 is 0 Å². The number of hydrogen-bond acceptors (Lipinski definition) is 2. The van der Waals surface area contributed by atoms with Gasteiger partial charge in [0.25, 0.3) is 0 Å². The van der Waals surface area contributed by atoms with Gasteiger partial charge in [0, 0.05) is 16.7 Å². The molecule has 0 aliphatic carbocycles. The molecule has 2 nitrogen and oxygen atoms in total. The molecule has 0 saturated heterocycles. The predicted octanol–water partition coefficient (Wildman–Crippen LogP) is 14.6. The Morgan fingerprint density at radius 3 is 1.45 bits per heavy atom. The van der Waals surface area contributed by atoms with Crippen LogP contribution in [0.25, 0.3) is 110 Å². The maximum absolute atomic E-state index is 5.34. The van der Waals surface area contributed by atoms with Crippen LogP contribution in [-0.4, -0.2) is 9.97 Å². The highest BCUT2D eigenvalue weighted by Gasteiger charge is 2.20. The van der Waals surface area contributed by atoms with Crippen LogP contribution >= 0.6 is 0 Å². The third kappa shape index (κ3) is 5.26. The maximum Gasteiger partial charge on any atom is 0.160 e. The van der Waals surface area contributed by atoms with E-state index in [4.69, 9.17) is 9.97 Å². The Kier molecular flexibility index (Phi) is 7.53. The lowest BCUT2D eigenvalue weighted by atomic mass is 9.86. The topological polar surface area (TPSA) is 25.8 Å². The molecule has 11 rings (SSSR count). The number of nitrogens with zero attached hydrogens (tertiary/aromatic N) is 2. The van der Waals surface area contributed by atoms with Crippen molar-refractivity contribution in [3.63, 3.8) is 0 Å². The zero-order valence-electron chi connectivity index (χ0n) is 30.5. The minimum atomic E-state index is 0.699. The zero-order chi connectivity index (χ0) is 37.0. The Hall–Kier alpha value is -7.42. The van der Waals surface area contributed by atoms with Crippen molar-refractivity contribution in [2.45, 2.75) is 0 Å². The standard InChI is InChI=1S/C54H34N2/c1-3-17-37(18-4-1)52-41-23-11-8-16-36(41)28-30-48(52)51-34-50(55-54(56-51)38-19-5-2-6-20-38)45-31-32-46(44-26-14-13-25-43(44)45)53-42-24-12-9-21-39(42)33-49-40-22-10-7-15-35(40)27-29-47(49)53/h1-34H. The quantitative estimate of drug-likeness (QED) is 0.131. The average Bonchev–Trinajstić information content (AvgIpc) is 3.28. The first-order chi connectivity index (χ1) is 27.8. The van der Waals surface area contributed by atoms with Gasteiger partial charge in [-0.05, 0) is 88.2 Å². The third-order valence-corrected chi connectivity index (χ3v) is 11.3. The highest BCUT2D eigenvalue weighted by molar-refractivity contribution is 6.23. The van der Waals surface area contributed by atoms with E-state index in [1.54, 1.807) is 0 Å². The Morgan fingerprint density at radius 2 is 0.732 bits per heavy atom. The van der Waals surface area contributed by atoms with Gasteiger partial charge in [-0.1, -0.05) is 194 Å². The van der Waals surface area contributed by atoms with Crippen LogP contribution in [0.2, 0.25) is 0 Å². The second-order valence-electron chi connectivity index (χ2n) is 14.5. The molecular weight excluding hydrogens is 677 g/mol. The molecule has 0 bridgehead atoms. The fraction of sp³-hybridized carbons (Fsp3) is 0. The largest absolute Gasteiger partial charge is 0.228 e. The second-order valence-corrected chi connectivity index (χ2v) is 14.5. The number of benzene rings is 10. The molecule has 0 unspecified atom stereocenters. The molecule has 0 aliphatic heterocycles. The van der Waals surface area contributed by atoms with Crippen LogP contribution in [0.1, 0.15) is 0 Å². The van der Waals surface area contributed by atoms with E-state index in [-0.39, 0.29) is 0 Å². The molecule has 0 spiro atoms. The van der Waals surface area contributed by atoms with E-state index in [2.05, 4.69) is 200 Å². The summed E-state index contributed by atoms with van der Waals surface area (Å²) in [6, 6.07) is 74.0. The molecule has 1 aromatic heterocycles. The highest BCUT2D eigenvalue weighted by Crippen LogP contribution is 2.45. The molecular formula is C54H34N2. The van der Waals surface area contributed by atoms with Crippen molar-refractivity contribution >= 4 is 53.9 Å². The fourth-order valence-electron chi connectivity index (χ4n) is 8.69. The molecule has 10 aromatic carbocycles. The lowest BCUT2D eigenvalue weighted by Gasteiger charge is -2.18. The summed E-state index contributed by atoms with van der Waals surface area (Å²) in [7, 11) is 0. The minimum absolute atomic E-state index is 0.699. The summed E-state index contributed by atoms with van der Waals surface area (Å²) in [5.41, 5.74) is 9.69. The van der Waals surface area contributed by atoms with E-state index in [0.717, 1.165) is 39.0 Å². The van der Waals surface area contributed by atoms with Gasteiger partial charge in [0.2, 0.25) is 0 Å². The van der Waals surface area contributed by atoms with Crippen molar-refractivity contribution < 1.29 is 0 Å². The first kappa shape index (κ1) is 32.0. The molecule has 0 saturated carbocycles. The molecule has 0 radical (unpaired) electrons. The van der Waals surface area contributed by atoms with Gasteiger partial charge in [0.15, 0.2) is 5.82 Å². The molecule has 11 aromatic rings. The zero-order valence-corrected chi connectivity index (χ0v) is 30.5. The lowest BCUT2D eigenvalue weighted by Crippen LogP contribution is -1.98.